The Hall–Kier alpha value is -2.47. The molecule has 0 atom stereocenters. The zero-order valence-electron chi connectivity index (χ0n) is 13.1. The van der Waals surface area contributed by atoms with Crippen LogP contribution < -0.4 is 15.0 Å². The quantitative estimate of drug-likeness (QED) is 0.743. The normalized spacial score (nSPS) is 14.1. The number of ether oxygens (including phenoxy) is 2. The van der Waals surface area contributed by atoms with Gasteiger partial charge in [0, 0.05) is 11.6 Å². The van der Waals surface area contributed by atoms with E-state index >= 15 is 0 Å². The topological polar surface area (TPSA) is 80.0 Å². The summed E-state index contributed by atoms with van der Waals surface area (Å²) in [6.45, 7) is 0.667. The van der Waals surface area contributed by atoms with Crippen molar-refractivity contribution in [1.29, 1.82) is 0 Å². The van der Waals surface area contributed by atoms with Gasteiger partial charge in [0.1, 0.15) is 11.5 Å². The van der Waals surface area contributed by atoms with E-state index in [2.05, 4.69) is 15.2 Å². The monoisotopic (exact) mass is 345 g/mol. The number of nitrogens with zero attached hydrogens (tertiary/aromatic N) is 1. The van der Waals surface area contributed by atoms with Crippen molar-refractivity contribution in [3.63, 3.8) is 0 Å². The Balaban J connectivity index is 1.84. The number of H-pyrrole nitrogens is 2. The lowest BCUT2D eigenvalue weighted by atomic mass is 10.1. The van der Waals surface area contributed by atoms with Crippen LogP contribution >= 0.6 is 11.6 Å². The number of aromatic amines is 2. The van der Waals surface area contributed by atoms with Crippen LogP contribution in [-0.2, 0) is 0 Å². The summed E-state index contributed by atoms with van der Waals surface area (Å²) >= 11 is 6.45. The first-order valence-electron chi connectivity index (χ1n) is 7.73. The Kier molecular flexibility index (Phi) is 3.69. The maximum Gasteiger partial charge on any atom is 0.275 e. The van der Waals surface area contributed by atoms with Crippen LogP contribution in [0.15, 0.2) is 29.2 Å². The van der Waals surface area contributed by atoms with Crippen LogP contribution in [0.5, 0.6) is 11.5 Å². The van der Waals surface area contributed by atoms with Crippen LogP contribution in [0.25, 0.3) is 22.2 Å². The van der Waals surface area contributed by atoms with Crippen molar-refractivity contribution < 1.29 is 9.47 Å². The molecule has 124 valence electrons. The molecule has 0 unspecified atom stereocenters. The molecule has 1 fully saturated rings. The van der Waals surface area contributed by atoms with Crippen molar-refractivity contribution in [2.45, 2.75) is 12.8 Å². The van der Waals surface area contributed by atoms with E-state index in [0.29, 0.717) is 45.6 Å². The van der Waals surface area contributed by atoms with Gasteiger partial charge in [-0.05, 0) is 30.9 Å². The highest BCUT2D eigenvalue weighted by Crippen LogP contribution is 2.40. The summed E-state index contributed by atoms with van der Waals surface area (Å²) in [4.78, 5) is 15.1. The highest BCUT2D eigenvalue weighted by Gasteiger charge is 2.24. The van der Waals surface area contributed by atoms with Gasteiger partial charge in [0.25, 0.3) is 5.56 Å². The predicted octanol–water partition coefficient (Wildman–Crippen LogP) is 3.37. The van der Waals surface area contributed by atoms with Gasteiger partial charge in [0.05, 0.1) is 41.5 Å². The number of aromatic nitrogens is 3. The average Bonchev–Trinajstić information content (AvgIpc) is 3.36. The summed E-state index contributed by atoms with van der Waals surface area (Å²) in [5.41, 5.74) is 1.69. The molecule has 1 aliphatic rings. The lowest BCUT2D eigenvalue weighted by Gasteiger charge is -2.12. The summed E-state index contributed by atoms with van der Waals surface area (Å²) in [7, 11) is 1.61. The summed E-state index contributed by atoms with van der Waals surface area (Å²) < 4.78 is 11.3. The molecule has 1 saturated carbocycles. The number of benzene rings is 1. The molecule has 0 amide bonds. The van der Waals surface area contributed by atoms with E-state index in [0.717, 1.165) is 5.56 Å². The van der Waals surface area contributed by atoms with Crippen LogP contribution in [0.3, 0.4) is 0 Å². The molecule has 1 aromatic carbocycles. The van der Waals surface area contributed by atoms with Gasteiger partial charge in [-0.15, -0.1) is 0 Å². The fraction of sp³-hybridized carbons (Fsp3) is 0.294. The molecular formula is C17H16ClN3O3. The molecule has 0 saturated heterocycles. The summed E-state index contributed by atoms with van der Waals surface area (Å²) in [5.74, 6) is 2.00. The predicted molar refractivity (Wildman–Crippen MR) is 91.9 cm³/mol. The van der Waals surface area contributed by atoms with Crippen LogP contribution in [-0.4, -0.2) is 28.9 Å². The first-order valence-corrected chi connectivity index (χ1v) is 8.11. The molecule has 0 aliphatic heterocycles. The third-order valence-electron chi connectivity index (χ3n) is 4.18. The van der Waals surface area contributed by atoms with E-state index < -0.39 is 0 Å². The molecular weight excluding hydrogens is 330 g/mol. The third-order valence-corrected chi connectivity index (χ3v) is 4.56. The van der Waals surface area contributed by atoms with Crippen molar-refractivity contribution >= 4 is 22.5 Å². The molecule has 2 N–H and O–H groups in total. The minimum absolute atomic E-state index is 0.325. The van der Waals surface area contributed by atoms with E-state index in [1.165, 1.54) is 12.8 Å². The van der Waals surface area contributed by atoms with Gasteiger partial charge < -0.3 is 14.5 Å². The van der Waals surface area contributed by atoms with Gasteiger partial charge in [-0.2, -0.15) is 5.10 Å². The lowest BCUT2D eigenvalue weighted by molar-refractivity contribution is 0.299. The zero-order valence-corrected chi connectivity index (χ0v) is 13.8. The first-order chi connectivity index (χ1) is 11.7. The average molecular weight is 346 g/mol. The van der Waals surface area contributed by atoms with Gasteiger partial charge in [-0.1, -0.05) is 11.6 Å². The van der Waals surface area contributed by atoms with Crippen LogP contribution in [0, 0.1) is 5.92 Å². The number of nitrogens with one attached hydrogen (secondary N) is 2. The number of hydrogen-bond acceptors (Lipinski definition) is 4. The summed E-state index contributed by atoms with van der Waals surface area (Å²) in [5, 5.41) is 6.95. The molecule has 2 aromatic heterocycles. The lowest BCUT2D eigenvalue weighted by Crippen LogP contribution is -2.06. The Labute approximate surface area is 142 Å². The molecule has 0 bridgehead atoms. The van der Waals surface area contributed by atoms with E-state index in [-0.39, 0.29) is 5.56 Å². The maximum atomic E-state index is 12.0. The number of halogens is 1. The SMILES string of the molecule is COc1ccc(-c2[nH]c3cn[nH]c(=O)c3c2Cl)c(OCC2CC2)c1. The fourth-order valence-corrected chi connectivity index (χ4v) is 3.00. The Morgan fingerprint density at radius 2 is 2.21 bits per heavy atom. The molecule has 7 heteroatoms. The van der Waals surface area contributed by atoms with E-state index in [1.54, 1.807) is 13.3 Å². The number of methoxy groups -OCH3 is 1. The standard InChI is InChI=1S/C17H16ClN3O3/c1-23-10-4-5-11(13(6-10)24-8-9-2-3-9)16-15(18)14-12(20-16)7-19-21-17(14)22/h4-7,9,20H,2-3,8H2,1H3,(H,21,22). The highest BCUT2D eigenvalue weighted by molar-refractivity contribution is 6.38. The third kappa shape index (κ3) is 2.63. The van der Waals surface area contributed by atoms with Gasteiger partial charge in [-0.3, -0.25) is 4.79 Å². The largest absolute Gasteiger partial charge is 0.497 e. The van der Waals surface area contributed by atoms with Gasteiger partial charge in [0.15, 0.2) is 0 Å². The van der Waals surface area contributed by atoms with Crippen LogP contribution in [0.1, 0.15) is 12.8 Å². The molecule has 6 nitrogen and oxygen atoms in total. The maximum absolute atomic E-state index is 12.0. The van der Waals surface area contributed by atoms with E-state index in [4.69, 9.17) is 21.1 Å². The van der Waals surface area contributed by atoms with Gasteiger partial charge in [0.2, 0.25) is 0 Å². The zero-order chi connectivity index (χ0) is 16.7. The Bertz CT molecular complexity index is 959. The van der Waals surface area contributed by atoms with Crippen molar-refractivity contribution in [3.8, 4) is 22.8 Å². The van der Waals surface area contributed by atoms with Crippen LogP contribution in [0.2, 0.25) is 5.02 Å². The Morgan fingerprint density at radius 3 is 2.92 bits per heavy atom. The molecule has 0 radical (unpaired) electrons. The highest BCUT2D eigenvalue weighted by atomic mass is 35.5. The van der Waals surface area contributed by atoms with Crippen molar-refractivity contribution in [2.24, 2.45) is 5.92 Å². The molecule has 4 rings (SSSR count). The molecule has 0 spiro atoms. The number of hydrogen-bond donors (Lipinski definition) is 2. The summed E-state index contributed by atoms with van der Waals surface area (Å²) in [6.07, 6.45) is 3.95. The second-order valence-corrected chi connectivity index (χ2v) is 6.30. The second-order valence-electron chi connectivity index (χ2n) is 5.92. The minimum atomic E-state index is -0.325. The number of fused-ring (bicyclic) bond motifs is 1. The Morgan fingerprint density at radius 1 is 1.38 bits per heavy atom. The van der Waals surface area contributed by atoms with Gasteiger partial charge in [-0.25, -0.2) is 5.10 Å². The molecule has 2 heterocycles. The van der Waals surface area contributed by atoms with Crippen molar-refractivity contribution in [3.05, 3.63) is 39.8 Å². The van der Waals surface area contributed by atoms with Crippen molar-refractivity contribution in [1.82, 2.24) is 15.2 Å². The molecule has 3 aromatic rings. The van der Waals surface area contributed by atoms with E-state index in [9.17, 15) is 4.79 Å². The second kappa shape index (κ2) is 5.87. The number of rotatable bonds is 5. The van der Waals surface area contributed by atoms with E-state index in [1.807, 2.05) is 18.2 Å². The fourth-order valence-electron chi connectivity index (χ4n) is 2.66. The minimum Gasteiger partial charge on any atom is -0.497 e. The molecule has 1 aliphatic carbocycles. The van der Waals surface area contributed by atoms with Crippen LogP contribution in [0.4, 0.5) is 0 Å². The van der Waals surface area contributed by atoms with Crippen molar-refractivity contribution in [2.75, 3.05) is 13.7 Å². The van der Waals surface area contributed by atoms with Gasteiger partial charge >= 0.3 is 0 Å². The first kappa shape index (κ1) is 15.1. The smallest absolute Gasteiger partial charge is 0.275 e. The summed E-state index contributed by atoms with van der Waals surface area (Å²) in [6, 6.07) is 5.55. The molecule has 24 heavy (non-hydrogen) atoms.